The van der Waals surface area contributed by atoms with Crippen LogP contribution in [0.25, 0.3) is 106 Å². The molecule has 1 aliphatic carbocycles. The Hall–Kier alpha value is -9.32. The van der Waals surface area contributed by atoms with Crippen molar-refractivity contribution in [3.63, 3.8) is 0 Å². The Morgan fingerprint density at radius 1 is 0.291 bits per heavy atom. The number of hydrogen-bond acceptors (Lipinski definition) is 4. The van der Waals surface area contributed by atoms with Crippen LogP contribution in [0.3, 0.4) is 0 Å². The Bertz CT molecular complexity index is 4950. The zero-order valence-corrected chi connectivity index (χ0v) is 45.2. The lowest BCUT2D eigenvalue weighted by molar-refractivity contribution is 0.667. The quantitative estimate of drug-likeness (QED) is 0.140. The molecule has 0 aliphatic heterocycles. The largest absolute Gasteiger partial charge is 0.309 e. The van der Waals surface area contributed by atoms with E-state index < -0.39 is 0 Å². The predicted octanol–water partition coefficient (Wildman–Crippen LogP) is 22.5. The van der Waals surface area contributed by atoms with Gasteiger partial charge in [-0.1, -0.05) is 196 Å². The summed E-state index contributed by atoms with van der Waals surface area (Å²) in [5.74, 6) is 0. The van der Waals surface area contributed by atoms with E-state index in [4.69, 9.17) is 0 Å². The number of thiophene rings is 2. The molecule has 0 atom stereocenters. The highest BCUT2D eigenvalue weighted by atomic mass is 32.1. The second-order valence-electron chi connectivity index (χ2n) is 21.5. The summed E-state index contributed by atoms with van der Waals surface area (Å²) in [6.45, 7) is 4.91. The molecule has 0 unspecified atom stereocenters. The molecule has 79 heavy (non-hydrogen) atoms. The van der Waals surface area contributed by atoms with Gasteiger partial charge in [0, 0.05) is 59.1 Å². The van der Waals surface area contributed by atoms with Gasteiger partial charge in [0.2, 0.25) is 0 Å². The van der Waals surface area contributed by atoms with Gasteiger partial charge in [0.05, 0.1) is 20.8 Å². The van der Waals surface area contributed by atoms with Crippen LogP contribution >= 0.6 is 22.7 Å². The molecule has 13 aromatic carbocycles. The van der Waals surface area contributed by atoms with Gasteiger partial charge < -0.3 is 9.80 Å². The summed E-state index contributed by atoms with van der Waals surface area (Å²) in [6.07, 6.45) is 0. The van der Waals surface area contributed by atoms with Crippen molar-refractivity contribution in [3.05, 3.63) is 278 Å². The molecule has 0 saturated carbocycles. The predicted molar refractivity (Wildman–Crippen MR) is 343 cm³/mol. The average molecular weight is 1040 g/mol. The highest BCUT2D eigenvalue weighted by molar-refractivity contribution is 7.26. The van der Waals surface area contributed by atoms with Crippen LogP contribution in [0.5, 0.6) is 0 Å². The van der Waals surface area contributed by atoms with Crippen molar-refractivity contribution >= 4 is 129 Å². The van der Waals surface area contributed by atoms with Crippen LogP contribution in [0.2, 0.25) is 0 Å². The number of anilines is 6. The lowest BCUT2D eigenvalue weighted by Gasteiger charge is -2.27. The smallest absolute Gasteiger partial charge is 0.0640 e. The van der Waals surface area contributed by atoms with Crippen molar-refractivity contribution < 1.29 is 0 Å². The van der Waals surface area contributed by atoms with Gasteiger partial charge in [-0.25, -0.2) is 0 Å². The molecule has 2 heterocycles. The maximum absolute atomic E-state index is 2.54. The summed E-state index contributed by atoms with van der Waals surface area (Å²) in [5, 5.41) is 12.9. The molecular formula is C75H50N2S2. The maximum atomic E-state index is 2.54. The molecule has 15 aromatic rings. The molecule has 0 amide bonds. The molecule has 0 radical (unpaired) electrons. The van der Waals surface area contributed by atoms with Crippen molar-refractivity contribution in [1.29, 1.82) is 0 Å². The van der Waals surface area contributed by atoms with Crippen LogP contribution in [-0.2, 0) is 5.41 Å². The molecule has 372 valence electrons. The molecule has 0 bridgehead atoms. The topological polar surface area (TPSA) is 6.48 Å². The standard InChI is InChI=1S/C75H50N2S2/c1-75(2)65-46-63(49-22-18-28-53(44-49)77(51-25-7-4-8-26-51)67-38-20-36-62-57-32-14-16-40-69(57)79-74(62)67)54-29-9-11-33-58(54)70(65)71-59-34-12-10-30-55(59)64-45-48(41-42-60(64)72(71)75)47-21-17-27-52(43-47)76(50-23-5-3-6-24-50)66-37-19-35-61-56-31-13-15-39-68(56)78-73(61)66/h3-46H,1-2H3. The lowest BCUT2D eigenvalue weighted by atomic mass is 9.78. The van der Waals surface area contributed by atoms with Crippen LogP contribution < -0.4 is 9.80 Å². The summed E-state index contributed by atoms with van der Waals surface area (Å²) in [6, 6.07) is 99.2. The SMILES string of the molecule is CC1(C)c2cc(-c3cccc(N(c4ccccc4)c4cccc5c4sc4ccccc45)c3)c3ccccc3c2-c2c1c1ccc(-c3cccc(N(c4ccccc4)c4cccc5c4sc4ccccc45)c3)cc1c1ccccc21. The van der Waals surface area contributed by atoms with E-state index in [9.17, 15) is 0 Å². The van der Waals surface area contributed by atoms with E-state index in [2.05, 4.69) is 291 Å². The number of fused-ring (bicyclic) bond motifs is 16. The first-order chi connectivity index (χ1) is 39.0. The molecule has 2 nitrogen and oxygen atoms in total. The number of para-hydroxylation sites is 2. The van der Waals surface area contributed by atoms with E-state index in [1.165, 1.54) is 129 Å². The van der Waals surface area contributed by atoms with Gasteiger partial charge in [0.1, 0.15) is 0 Å². The van der Waals surface area contributed by atoms with Crippen molar-refractivity contribution in [2.24, 2.45) is 0 Å². The summed E-state index contributed by atoms with van der Waals surface area (Å²) in [7, 11) is 0. The number of nitrogens with zero attached hydrogens (tertiary/aromatic N) is 2. The highest BCUT2D eigenvalue weighted by Crippen LogP contribution is 2.58. The molecule has 16 rings (SSSR count). The van der Waals surface area contributed by atoms with Gasteiger partial charge >= 0.3 is 0 Å². The van der Waals surface area contributed by atoms with E-state index in [-0.39, 0.29) is 5.41 Å². The van der Waals surface area contributed by atoms with Gasteiger partial charge in [0.25, 0.3) is 0 Å². The number of hydrogen-bond donors (Lipinski definition) is 0. The third-order valence-corrected chi connectivity index (χ3v) is 19.2. The number of benzene rings is 13. The highest BCUT2D eigenvalue weighted by Gasteiger charge is 2.40. The molecule has 1 aliphatic rings. The van der Waals surface area contributed by atoms with Crippen molar-refractivity contribution in [2.75, 3.05) is 9.80 Å². The third kappa shape index (κ3) is 7.08. The van der Waals surface area contributed by atoms with E-state index in [0.29, 0.717) is 0 Å². The molecule has 0 N–H and O–H groups in total. The monoisotopic (exact) mass is 1040 g/mol. The normalized spacial score (nSPS) is 12.8. The Balaban J connectivity index is 0.843. The Kier molecular flexibility index (Phi) is 10.4. The zero-order chi connectivity index (χ0) is 52.3. The van der Waals surface area contributed by atoms with E-state index in [1.54, 1.807) is 0 Å². The first kappa shape index (κ1) is 45.8. The summed E-state index contributed by atoms with van der Waals surface area (Å²) in [5.41, 5.74) is 16.8. The fourth-order valence-electron chi connectivity index (χ4n) is 13.3. The Morgan fingerprint density at radius 3 is 1.33 bits per heavy atom. The van der Waals surface area contributed by atoms with Gasteiger partial charge in [-0.3, -0.25) is 0 Å². The van der Waals surface area contributed by atoms with Gasteiger partial charge in [-0.05, 0) is 162 Å². The molecule has 0 fully saturated rings. The Labute approximate surface area is 466 Å². The van der Waals surface area contributed by atoms with Gasteiger partial charge in [0.15, 0.2) is 0 Å². The summed E-state index contributed by atoms with van der Waals surface area (Å²) >= 11 is 3.74. The van der Waals surface area contributed by atoms with Crippen molar-refractivity contribution in [2.45, 2.75) is 19.3 Å². The van der Waals surface area contributed by atoms with Crippen LogP contribution in [0.1, 0.15) is 25.0 Å². The zero-order valence-electron chi connectivity index (χ0n) is 43.6. The first-order valence-corrected chi connectivity index (χ1v) is 28.9. The molecular weight excluding hydrogens is 993 g/mol. The molecule has 4 heteroatoms. The minimum atomic E-state index is -0.318. The fraction of sp³-hybridized carbons (Fsp3) is 0.0400. The number of rotatable bonds is 8. The lowest BCUT2D eigenvalue weighted by Crippen LogP contribution is -2.16. The van der Waals surface area contributed by atoms with Crippen LogP contribution in [0.15, 0.2) is 267 Å². The summed E-state index contributed by atoms with van der Waals surface area (Å²) < 4.78 is 5.17. The second-order valence-corrected chi connectivity index (χ2v) is 23.6. The van der Waals surface area contributed by atoms with E-state index in [0.717, 1.165) is 22.7 Å². The van der Waals surface area contributed by atoms with Gasteiger partial charge in [-0.15, -0.1) is 22.7 Å². The Morgan fingerprint density at radius 2 is 0.734 bits per heavy atom. The fourth-order valence-corrected chi connectivity index (χ4v) is 15.7. The molecule has 0 spiro atoms. The minimum Gasteiger partial charge on any atom is -0.309 e. The van der Waals surface area contributed by atoms with Crippen LogP contribution in [0, 0.1) is 0 Å². The van der Waals surface area contributed by atoms with Crippen molar-refractivity contribution in [3.8, 4) is 33.4 Å². The average Bonchev–Trinajstić information content (AvgIpc) is 3.48. The van der Waals surface area contributed by atoms with Crippen LogP contribution in [0.4, 0.5) is 34.1 Å². The maximum Gasteiger partial charge on any atom is 0.0640 e. The molecule has 0 saturated heterocycles. The van der Waals surface area contributed by atoms with Gasteiger partial charge in [-0.2, -0.15) is 0 Å². The second kappa shape index (κ2) is 17.9. The molecule has 2 aromatic heterocycles. The summed E-state index contributed by atoms with van der Waals surface area (Å²) in [4.78, 5) is 4.89. The third-order valence-electron chi connectivity index (χ3n) is 16.7. The van der Waals surface area contributed by atoms with Crippen molar-refractivity contribution in [1.82, 2.24) is 0 Å². The minimum absolute atomic E-state index is 0.318. The first-order valence-electron chi connectivity index (χ1n) is 27.2. The van der Waals surface area contributed by atoms with E-state index >= 15 is 0 Å². The van der Waals surface area contributed by atoms with E-state index in [1.807, 2.05) is 22.7 Å². The van der Waals surface area contributed by atoms with Crippen LogP contribution in [-0.4, -0.2) is 0 Å².